The van der Waals surface area contributed by atoms with Crippen molar-refractivity contribution < 1.29 is 23.9 Å². The number of allylic oxidation sites excluding steroid dienone is 4. The molecule has 0 spiro atoms. The van der Waals surface area contributed by atoms with E-state index in [-0.39, 0.29) is 46.8 Å². The van der Waals surface area contributed by atoms with Crippen LogP contribution >= 0.6 is 0 Å². The van der Waals surface area contributed by atoms with Gasteiger partial charge in [0.2, 0.25) is 0 Å². The number of ketones is 2. The van der Waals surface area contributed by atoms with Crippen molar-refractivity contribution >= 4 is 23.3 Å². The molecule has 4 aliphatic carbocycles. The van der Waals surface area contributed by atoms with Crippen LogP contribution in [0.1, 0.15) is 46.0 Å². The molecule has 6 nitrogen and oxygen atoms in total. The molecule has 1 N–H and O–H groups in total. The van der Waals surface area contributed by atoms with Gasteiger partial charge >= 0.3 is 6.09 Å². The molecule has 0 heterocycles. The quantitative estimate of drug-likeness (QED) is 0.651. The number of carbonyl (C=O) groups excluding carboxylic acids is 3. The van der Waals surface area contributed by atoms with Gasteiger partial charge in [0.15, 0.2) is 5.78 Å². The third-order valence-electron chi connectivity index (χ3n) is 8.89. The molecule has 2 fully saturated rings. The summed E-state index contributed by atoms with van der Waals surface area (Å²) in [6.07, 6.45) is 9.18. The Morgan fingerprint density at radius 1 is 1.18 bits per heavy atom. The summed E-state index contributed by atoms with van der Waals surface area (Å²) in [5.74, 6) is 1.96. The Kier molecular flexibility index (Phi) is 5.86. The number of anilines is 1. The van der Waals surface area contributed by atoms with Crippen molar-refractivity contribution in [3.05, 3.63) is 48.1 Å². The third-order valence-corrected chi connectivity index (χ3v) is 8.89. The Labute approximate surface area is 200 Å². The van der Waals surface area contributed by atoms with Gasteiger partial charge in [-0.25, -0.2) is 4.79 Å². The van der Waals surface area contributed by atoms with Crippen LogP contribution in [0.5, 0.6) is 5.75 Å². The molecule has 2 unspecified atom stereocenters. The van der Waals surface area contributed by atoms with E-state index < -0.39 is 6.09 Å². The van der Waals surface area contributed by atoms with E-state index in [1.54, 1.807) is 32.2 Å². The van der Waals surface area contributed by atoms with E-state index in [0.717, 1.165) is 24.8 Å². The maximum absolute atomic E-state index is 13.1. The van der Waals surface area contributed by atoms with E-state index >= 15 is 0 Å². The third kappa shape index (κ3) is 3.87. The van der Waals surface area contributed by atoms with Crippen LogP contribution in [0.3, 0.4) is 0 Å². The number of rotatable bonds is 4. The minimum absolute atomic E-state index is 0.00994. The molecule has 0 saturated heterocycles. The smallest absolute Gasteiger partial charge is 0.411 e. The van der Waals surface area contributed by atoms with Crippen LogP contribution in [-0.4, -0.2) is 30.9 Å². The number of nitrogens with one attached hydrogen (secondary N) is 1. The summed E-state index contributed by atoms with van der Waals surface area (Å²) < 4.78 is 11.4. The largest absolute Gasteiger partial charge is 0.497 e. The van der Waals surface area contributed by atoms with E-state index in [9.17, 15) is 14.4 Å². The molecule has 0 aliphatic heterocycles. The summed E-state index contributed by atoms with van der Waals surface area (Å²) in [7, 11) is 1.58. The van der Waals surface area contributed by atoms with Crippen LogP contribution in [0.15, 0.2) is 48.1 Å². The number of hydrogen-bond acceptors (Lipinski definition) is 5. The number of hydrogen-bond donors (Lipinski definition) is 1. The minimum Gasteiger partial charge on any atom is -0.497 e. The van der Waals surface area contributed by atoms with Gasteiger partial charge in [-0.1, -0.05) is 25.1 Å². The molecule has 5 rings (SSSR count). The minimum atomic E-state index is -0.497. The van der Waals surface area contributed by atoms with E-state index in [0.29, 0.717) is 30.2 Å². The number of methoxy groups -OCH3 is 1. The van der Waals surface area contributed by atoms with E-state index in [2.05, 4.69) is 24.4 Å². The molecular weight excluding hydrogens is 430 g/mol. The molecule has 0 radical (unpaired) electrons. The van der Waals surface area contributed by atoms with Crippen LogP contribution in [0, 0.1) is 35.0 Å². The van der Waals surface area contributed by atoms with Crippen molar-refractivity contribution in [2.45, 2.75) is 52.1 Å². The lowest BCUT2D eigenvalue weighted by Crippen LogP contribution is -2.54. The molecule has 180 valence electrons. The maximum atomic E-state index is 13.1. The fourth-order valence-electron chi connectivity index (χ4n) is 7.48. The number of ether oxygens (including phenoxy) is 2. The molecule has 1 amide bonds. The Hall–Kier alpha value is -2.89. The van der Waals surface area contributed by atoms with Crippen LogP contribution in [0.25, 0.3) is 0 Å². The Morgan fingerprint density at radius 3 is 2.76 bits per heavy atom. The molecule has 6 heteroatoms. The average Bonchev–Trinajstić information content (AvgIpc) is 3.15. The number of carbonyl (C=O) groups is 3. The molecule has 0 aromatic heterocycles. The number of benzene rings is 1. The number of fused-ring (bicyclic) bond motifs is 5. The molecule has 1 aromatic carbocycles. The predicted octanol–water partition coefficient (Wildman–Crippen LogP) is 5.35. The van der Waals surface area contributed by atoms with Gasteiger partial charge < -0.3 is 9.47 Å². The highest BCUT2D eigenvalue weighted by atomic mass is 16.6. The van der Waals surface area contributed by atoms with Gasteiger partial charge in [-0.2, -0.15) is 0 Å². The summed E-state index contributed by atoms with van der Waals surface area (Å²) in [4.78, 5) is 37.7. The topological polar surface area (TPSA) is 81.7 Å². The molecule has 4 aliphatic rings. The highest BCUT2D eigenvalue weighted by molar-refractivity contribution is 5.92. The first kappa shape index (κ1) is 22.9. The predicted molar refractivity (Wildman–Crippen MR) is 128 cm³/mol. The summed E-state index contributed by atoms with van der Waals surface area (Å²) in [6.45, 7) is 3.91. The molecule has 2 saturated carbocycles. The zero-order valence-electron chi connectivity index (χ0n) is 20.1. The normalized spacial score (nSPS) is 36.0. The van der Waals surface area contributed by atoms with Crippen LogP contribution < -0.4 is 10.1 Å². The molecule has 1 aromatic rings. The van der Waals surface area contributed by atoms with Gasteiger partial charge in [-0.05, 0) is 79.6 Å². The Bertz CT molecular complexity index is 1070. The van der Waals surface area contributed by atoms with E-state index in [4.69, 9.17) is 9.47 Å². The zero-order valence-corrected chi connectivity index (χ0v) is 20.1. The second-order valence-corrected chi connectivity index (χ2v) is 10.6. The molecule has 0 bridgehead atoms. The van der Waals surface area contributed by atoms with Crippen LogP contribution in [0.4, 0.5) is 10.5 Å². The number of Topliss-reactive ketones (excluding diaryl/α,β-unsaturated/α-hetero) is 1. The van der Waals surface area contributed by atoms with Gasteiger partial charge in [-0.15, -0.1) is 0 Å². The Morgan fingerprint density at radius 2 is 2.00 bits per heavy atom. The van der Waals surface area contributed by atoms with Crippen molar-refractivity contribution in [1.29, 1.82) is 0 Å². The van der Waals surface area contributed by atoms with Crippen molar-refractivity contribution in [1.82, 2.24) is 0 Å². The van der Waals surface area contributed by atoms with Gasteiger partial charge in [0, 0.05) is 30.0 Å². The second kappa shape index (κ2) is 8.71. The van der Waals surface area contributed by atoms with E-state index in [1.807, 2.05) is 12.1 Å². The van der Waals surface area contributed by atoms with Crippen LogP contribution in [0.2, 0.25) is 0 Å². The van der Waals surface area contributed by atoms with Gasteiger partial charge in [0.05, 0.1) is 7.11 Å². The monoisotopic (exact) mass is 463 g/mol. The fraction of sp³-hybridized carbons (Fsp3) is 0.536. The summed E-state index contributed by atoms with van der Waals surface area (Å²) >= 11 is 0. The molecule has 7 atom stereocenters. The highest BCUT2D eigenvalue weighted by Crippen LogP contribution is 2.63. The lowest BCUT2D eigenvalue weighted by atomic mass is 9.51. The fourth-order valence-corrected chi connectivity index (χ4v) is 7.48. The summed E-state index contributed by atoms with van der Waals surface area (Å²) in [5, 5.41) is 2.85. The highest BCUT2D eigenvalue weighted by Gasteiger charge is 2.60. The first-order valence-electron chi connectivity index (χ1n) is 12.3. The van der Waals surface area contributed by atoms with Gasteiger partial charge in [0.25, 0.3) is 0 Å². The lowest BCUT2D eigenvalue weighted by molar-refractivity contribution is -0.131. The first-order valence-corrected chi connectivity index (χ1v) is 12.3. The zero-order chi connectivity index (χ0) is 24.0. The summed E-state index contributed by atoms with van der Waals surface area (Å²) in [5.41, 5.74) is 1.46. The lowest BCUT2D eigenvalue weighted by Gasteiger charge is -2.54. The second-order valence-electron chi connectivity index (χ2n) is 10.6. The average molecular weight is 464 g/mol. The number of amides is 1. The molecule has 34 heavy (non-hydrogen) atoms. The summed E-state index contributed by atoms with van der Waals surface area (Å²) in [6, 6.07) is 7.18. The van der Waals surface area contributed by atoms with Crippen molar-refractivity contribution in [2.24, 2.45) is 35.0 Å². The van der Waals surface area contributed by atoms with E-state index in [1.165, 1.54) is 0 Å². The van der Waals surface area contributed by atoms with Crippen molar-refractivity contribution in [3.63, 3.8) is 0 Å². The Balaban J connectivity index is 1.45. The molecular formula is C28H33NO5. The first-order chi connectivity index (χ1) is 16.3. The standard InChI is InChI=1S/C28H33NO5/c1-16(30)23-11-12-24-22-9-7-17-13-19(31)8-10-21(17)26(22)25(15-28(23,24)2)34-27(32)29-18-5-4-6-20(14-18)33-3/h4-7,9,13-14,21-26H,8,10-12,15H2,1-3H3,(H,29,32)/t21?,22-,23+,24?,25-,26-,28+/m0/s1. The van der Waals surface area contributed by atoms with Crippen molar-refractivity contribution in [3.8, 4) is 5.75 Å². The van der Waals surface area contributed by atoms with Crippen molar-refractivity contribution in [2.75, 3.05) is 12.4 Å². The van der Waals surface area contributed by atoms with Gasteiger partial charge in [0.1, 0.15) is 17.6 Å². The maximum Gasteiger partial charge on any atom is 0.411 e. The van der Waals surface area contributed by atoms with Crippen LogP contribution in [-0.2, 0) is 14.3 Å². The van der Waals surface area contributed by atoms with Gasteiger partial charge in [-0.3, -0.25) is 14.9 Å². The SMILES string of the molecule is COc1cccc(NC(=O)O[C@H]2C[C@@]3(C)C(CC[C@@H]3C(C)=O)[C@@H]3C=CC4=CC(=O)CCC4[C@H]23)c1.